The Balaban J connectivity index is 2.39. The first-order valence-corrected chi connectivity index (χ1v) is 5.09. The number of rotatable bonds is 4. The minimum atomic E-state index is 0.588. The molecule has 0 aliphatic heterocycles. The van der Waals surface area contributed by atoms with Crippen LogP contribution in [-0.4, -0.2) is 23.1 Å². The Hall–Kier alpha value is -1.97. The molecule has 0 fully saturated rings. The Morgan fingerprint density at radius 1 is 1.56 bits per heavy atom. The molecule has 84 valence electrons. The van der Waals surface area contributed by atoms with Crippen LogP contribution in [0.2, 0.25) is 0 Å². The fraction of sp³-hybridized carbons (Fsp3) is 0.250. The molecule has 0 aliphatic carbocycles. The lowest BCUT2D eigenvalue weighted by molar-refractivity contribution is 0.298. The van der Waals surface area contributed by atoms with E-state index in [1.807, 2.05) is 35.9 Å². The summed E-state index contributed by atoms with van der Waals surface area (Å²) in [6.45, 7) is 6.34. The number of imidazole rings is 1. The van der Waals surface area contributed by atoms with Crippen LogP contribution in [0.15, 0.2) is 31.1 Å². The van der Waals surface area contributed by atoms with Gasteiger partial charge < -0.3 is 13.9 Å². The van der Waals surface area contributed by atoms with Gasteiger partial charge in [-0.1, -0.05) is 6.58 Å². The number of hydrogen-bond acceptors (Lipinski definition) is 3. The third kappa shape index (κ3) is 1.86. The number of ether oxygens (including phenoxy) is 2. The SMILES string of the molecule is C=C(OCC)c1cn2ccc(OC)cc2n1. The van der Waals surface area contributed by atoms with E-state index in [0.29, 0.717) is 12.4 Å². The van der Waals surface area contributed by atoms with Crippen LogP contribution in [0.5, 0.6) is 5.75 Å². The Bertz CT molecular complexity index is 517. The van der Waals surface area contributed by atoms with Crippen molar-refractivity contribution in [1.82, 2.24) is 9.38 Å². The highest BCUT2D eigenvalue weighted by atomic mass is 16.5. The summed E-state index contributed by atoms with van der Waals surface area (Å²) in [5.41, 5.74) is 1.56. The number of methoxy groups -OCH3 is 1. The monoisotopic (exact) mass is 218 g/mol. The maximum Gasteiger partial charge on any atom is 0.141 e. The summed E-state index contributed by atoms with van der Waals surface area (Å²) in [5, 5.41) is 0. The van der Waals surface area contributed by atoms with Gasteiger partial charge in [0.25, 0.3) is 0 Å². The third-order valence-electron chi connectivity index (χ3n) is 2.27. The van der Waals surface area contributed by atoms with Crippen molar-refractivity contribution in [2.45, 2.75) is 6.92 Å². The van der Waals surface area contributed by atoms with Crippen molar-refractivity contribution < 1.29 is 9.47 Å². The van der Waals surface area contributed by atoms with Gasteiger partial charge in [0.05, 0.1) is 13.7 Å². The van der Waals surface area contributed by atoms with Crippen LogP contribution >= 0.6 is 0 Å². The van der Waals surface area contributed by atoms with Gasteiger partial charge in [-0.3, -0.25) is 0 Å². The topological polar surface area (TPSA) is 35.8 Å². The third-order valence-corrected chi connectivity index (χ3v) is 2.27. The van der Waals surface area contributed by atoms with Gasteiger partial charge in [-0.05, 0) is 13.0 Å². The zero-order valence-corrected chi connectivity index (χ0v) is 9.43. The van der Waals surface area contributed by atoms with Crippen molar-refractivity contribution in [3.05, 3.63) is 36.8 Å². The van der Waals surface area contributed by atoms with Crippen LogP contribution in [-0.2, 0) is 4.74 Å². The second kappa shape index (κ2) is 4.26. The first-order valence-electron chi connectivity index (χ1n) is 5.09. The highest BCUT2D eigenvalue weighted by Crippen LogP contribution is 2.17. The van der Waals surface area contributed by atoms with Crippen molar-refractivity contribution in [1.29, 1.82) is 0 Å². The number of fused-ring (bicyclic) bond motifs is 1. The molecule has 4 heteroatoms. The molecule has 0 aliphatic rings. The van der Waals surface area contributed by atoms with Gasteiger partial charge in [0.15, 0.2) is 0 Å². The van der Waals surface area contributed by atoms with Crippen LogP contribution in [0.1, 0.15) is 12.6 Å². The van der Waals surface area contributed by atoms with Crippen molar-refractivity contribution >= 4 is 11.4 Å². The van der Waals surface area contributed by atoms with Crippen LogP contribution in [0, 0.1) is 0 Å². The van der Waals surface area contributed by atoms with Gasteiger partial charge in [0, 0.05) is 18.5 Å². The number of pyridine rings is 1. The van der Waals surface area contributed by atoms with Crippen LogP contribution in [0.3, 0.4) is 0 Å². The molecule has 0 spiro atoms. The van der Waals surface area contributed by atoms with Crippen LogP contribution < -0.4 is 4.74 Å². The van der Waals surface area contributed by atoms with Crippen LogP contribution in [0.4, 0.5) is 0 Å². The molecule has 0 N–H and O–H groups in total. The van der Waals surface area contributed by atoms with E-state index in [-0.39, 0.29) is 0 Å². The van der Waals surface area contributed by atoms with Crippen molar-refractivity contribution in [3.8, 4) is 5.75 Å². The van der Waals surface area contributed by atoms with Crippen molar-refractivity contribution in [2.75, 3.05) is 13.7 Å². The molecule has 0 saturated heterocycles. The predicted molar refractivity (Wildman–Crippen MR) is 62.4 cm³/mol. The Labute approximate surface area is 94.1 Å². The summed E-state index contributed by atoms with van der Waals surface area (Å²) in [4.78, 5) is 4.40. The molecule has 2 aromatic rings. The maximum absolute atomic E-state index is 5.31. The fourth-order valence-corrected chi connectivity index (χ4v) is 1.47. The smallest absolute Gasteiger partial charge is 0.141 e. The van der Waals surface area contributed by atoms with E-state index in [4.69, 9.17) is 9.47 Å². The zero-order valence-electron chi connectivity index (χ0n) is 9.43. The lowest BCUT2D eigenvalue weighted by atomic mass is 10.4. The normalized spacial score (nSPS) is 10.4. The highest BCUT2D eigenvalue weighted by molar-refractivity contribution is 5.58. The first kappa shape index (κ1) is 10.5. The Morgan fingerprint density at radius 2 is 2.38 bits per heavy atom. The fourth-order valence-electron chi connectivity index (χ4n) is 1.47. The molecule has 2 heterocycles. The van der Waals surface area contributed by atoms with Crippen LogP contribution in [0.25, 0.3) is 11.4 Å². The molecule has 4 nitrogen and oxygen atoms in total. The molecular weight excluding hydrogens is 204 g/mol. The molecule has 16 heavy (non-hydrogen) atoms. The average molecular weight is 218 g/mol. The van der Waals surface area contributed by atoms with E-state index in [1.165, 1.54) is 0 Å². The minimum absolute atomic E-state index is 0.588. The van der Waals surface area contributed by atoms with Gasteiger partial charge >= 0.3 is 0 Å². The highest BCUT2D eigenvalue weighted by Gasteiger charge is 2.06. The van der Waals surface area contributed by atoms with Crippen molar-refractivity contribution in [3.63, 3.8) is 0 Å². The standard InChI is InChI=1S/C12H14N2O2/c1-4-16-9(2)11-8-14-6-5-10(15-3)7-12(14)13-11/h5-8H,2,4H2,1,3H3. The number of hydrogen-bond donors (Lipinski definition) is 0. The summed E-state index contributed by atoms with van der Waals surface area (Å²) in [6, 6.07) is 3.74. The Morgan fingerprint density at radius 3 is 3.06 bits per heavy atom. The summed E-state index contributed by atoms with van der Waals surface area (Å²) >= 11 is 0. The molecule has 2 rings (SSSR count). The molecule has 0 aromatic carbocycles. The molecule has 0 saturated carbocycles. The molecule has 0 atom stereocenters. The van der Waals surface area contributed by atoms with Gasteiger partial charge in [-0.15, -0.1) is 0 Å². The molecular formula is C12H14N2O2. The van der Waals surface area contributed by atoms with E-state index in [2.05, 4.69) is 11.6 Å². The zero-order chi connectivity index (χ0) is 11.5. The summed E-state index contributed by atoms with van der Waals surface area (Å²) in [5.74, 6) is 1.37. The molecule has 0 radical (unpaired) electrons. The average Bonchev–Trinajstić information content (AvgIpc) is 2.71. The quantitative estimate of drug-likeness (QED) is 0.739. The van der Waals surface area contributed by atoms with E-state index in [9.17, 15) is 0 Å². The Kier molecular flexibility index (Phi) is 2.81. The minimum Gasteiger partial charge on any atom is -0.497 e. The van der Waals surface area contributed by atoms with Crippen molar-refractivity contribution in [2.24, 2.45) is 0 Å². The van der Waals surface area contributed by atoms with Gasteiger partial charge in [0.1, 0.15) is 22.8 Å². The van der Waals surface area contributed by atoms with E-state index < -0.39 is 0 Å². The predicted octanol–water partition coefficient (Wildman–Crippen LogP) is 2.35. The first-order chi connectivity index (χ1) is 7.74. The summed E-state index contributed by atoms with van der Waals surface area (Å²) in [6.07, 6.45) is 3.77. The van der Waals surface area contributed by atoms with E-state index >= 15 is 0 Å². The summed E-state index contributed by atoms with van der Waals surface area (Å²) in [7, 11) is 1.63. The molecule has 0 unspecified atom stereocenters. The lowest BCUT2D eigenvalue weighted by Crippen LogP contribution is -1.89. The van der Waals surface area contributed by atoms with Gasteiger partial charge in [-0.2, -0.15) is 0 Å². The van der Waals surface area contributed by atoms with E-state index in [1.54, 1.807) is 7.11 Å². The maximum atomic E-state index is 5.31. The lowest BCUT2D eigenvalue weighted by Gasteiger charge is -2.01. The number of aromatic nitrogens is 2. The largest absolute Gasteiger partial charge is 0.497 e. The second-order valence-electron chi connectivity index (χ2n) is 3.31. The molecule has 2 aromatic heterocycles. The molecule has 0 amide bonds. The summed E-state index contributed by atoms with van der Waals surface area (Å²) < 4.78 is 12.3. The molecule has 0 bridgehead atoms. The van der Waals surface area contributed by atoms with Gasteiger partial charge in [0.2, 0.25) is 0 Å². The van der Waals surface area contributed by atoms with E-state index in [0.717, 1.165) is 17.1 Å². The second-order valence-corrected chi connectivity index (χ2v) is 3.31. The van der Waals surface area contributed by atoms with Gasteiger partial charge in [-0.25, -0.2) is 4.98 Å². The number of nitrogens with zero attached hydrogens (tertiary/aromatic N) is 2.